The zero-order valence-electron chi connectivity index (χ0n) is 22.0. The van der Waals surface area contributed by atoms with Crippen LogP contribution in [0, 0.1) is 10.1 Å². The summed E-state index contributed by atoms with van der Waals surface area (Å²) in [5, 5.41) is 11.5. The van der Waals surface area contributed by atoms with E-state index in [4.69, 9.17) is 20.8 Å². The Hall–Kier alpha value is -4.28. The van der Waals surface area contributed by atoms with Crippen LogP contribution in [-0.4, -0.2) is 22.6 Å². The monoisotopic (exact) mass is 577 g/mol. The molecule has 1 atom stereocenters. The number of hydrogen-bond acceptors (Lipinski definition) is 8. The average Bonchev–Trinajstić information content (AvgIpc) is 3.51. The first-order chi connectivity index (χ1) is 19.1. The SMILES string of the molecule is COC(=O)C1=C(C)N=c2s/c(=C\c3ccc(-c4cc([N+](=O)[O-])ccc4Cl)o3)c(=O)n2[C@H]1c1ccc(C(C)C)cc1. The van der Waals surface area contributed by atoms with E-state index in [9.17, 15) is 19.7 Å². The third-order valence-electron chi connectivity index (χ3n) is 6.67. The number of benzene rings is 2. The molecule has 204 valence electrons. The van der Waals surface area contributed by atoms with Gasteiger partial charge in [-0.25, -0.2) is 9.79 Å². The molecule has 4 aromatic rings. The number of allylic oxidation sites excluding steroid dienone is 1. The van der Waals surface area contributed by atoms with Crippen LogP contribution in [0.5, 0.6) is 0 Å². The van der Waals surface area contributed by atoms with Crippen LogP contribution in [0.4, 0.5) is 5.69 Å². The molecule has 0 aliphatic carbocycles. The van der Waals surface area contributed by atoms with E-state index in [-0.39, 0.29) is 11.2 Å². The Morgan fingerprint density at radius 2 is 1.93 bits per heavy atom. The summed E-state index contributed by atoms with van der Waals surface area (Å²) in [6.07, 6.45) is 1.58. The van der Waals surface area contributed by atoms with Crippen LogP contribution in [0.2, 0.25) is 5.02 Å². The van der Waals surface area contributed by atoms with Gasteiger partial charge in [-0.1, -0.05) is 61.1 Å². The summed E-state index contributed by atoms with van der Waals surface area (Å²) >= 11 is 7.44. The quantitative estimate of drug-likeness (QED) is 0.173. The average molecular weight is 578 g/mol. The minimum Gasteiger partial charge on any atom is -0.466 e. The van der Waals surface area contributed by atoms with Crippen LogP contribution in [0.1, 0.15) is 49.6 Å². The number of nitro groups is 1. The number of methoxy groups -OCH3 is 1. The first-order valence-corrected chi connectivity index (χ1v) is 13.5. The largest absolute Gasteiger partial charge is 0.466 e. The molecule has 1 aliphatic rings. The van der Waals surface area contributed by atoms with Crippen LogP contribution in [0.25, 0.3) is 17.4 Å². The molecule has 0 unspecified atom stereocenters. The lowest BCUT2D eigenvalue weighted by molar-refractivity contribution is -0.384. The molecule has 40 heavy (non-hydrogen) atoms. The van der Waals surface area contributed by atoms with Gasteiger partial charge < -0.3 is 9.15 Å². The molecular weight excluding hydrogens is 554 g/mol. The number of nitrogens with zero attached hydrogens (tertiary/aromatic N) is 3. The van der Waals surface area contributed by atoms with Crippen molar-refractivity contribution in [2.24, 2.45) is 4.99 Å². The number of rotatable bonds is 6. The molecule has 5 rings (SSSR count). The number of halogens is 1. The first-order valence-electron chi connectivity index (χ1n) is 12.3. The molecule has 0 spiro atoms. The van der Waals surface area contributed by atoms with Gasteiger partial charge in [0.25, 0.3) is 11.2 Å². The summed E-state index contributed by atoms with van der Waals surface area (Å²) in [6.45, 7) is 5.91. The predicted octanol–water partition coefficient (Wildman–Crippen LogP) is 5.35. The molecule has 0 saturated heterocycles. The minimum atomic E-state index is -0.720. The zero-order chi connectivity index (χ0) is 28.7. The van der Waals surface area contributed by atoms with E-state index in [1.54, 1.807) is 25.1 Å². The highest BCUT2D eigenvalue weighted by Gasteiger charge is 2.33. The highest BCUT2D eigenvalue weighted by Crippen LogP contribution is 2.33. The van der Waals surface area contributed by atoms with Gasteiger partial charge in [0.15, 0.2) is 4.80 Å². The number of ether oxygens (including phenoxy) is 1. The molecular formula is C29H24ClN3O6S. The smallest absolute Gasteiger partial charge is 0.338 e. The summed E-state index contributed by atoms with van der Waals surface area (Å²) in [5.41, 5.74) is 2.55. The fourth-order valence-corrected chi connectivity index (χ4v) is 5.83. The summed E-state index contributed by atoms with van der Waals surface area (Å²) in [7, 11) is 1.30. The number of nitro benzene ring substituents is 1. The molecule has 0 radical (unpaired) electrons. The van der Waals surface area contributed by atoms with Crippen molar-refractivity contribution < 1.29 is 18.9 Å². The Bertz CT molecular complexity index is 1860. The third-order valence-corrected chi connectivity index (χ3v) is 7.98. The Balaban J connectivity index is 1.62. The van der Waals surface area contributed by atoms with Crippen LogP contribution in [0.15, 0.2) is 80.1 Å². The van der Waals surface area contributed by atoms with Gasteiger partial charge in [-0.3, -0.25) is 19.5 Å². The number of fused-ring (bicyclic) bond motifs is 1. The molecule has 1 aliphatic heterocycles. The van der Waals surface area contributed by atoms with Crippen LogP contribution >= 0.6 is 22.9 Å². The summed E-state index contributed by atoms with van der Waals surface area (Å²) in [4.78, 5) is 42.3. The molecule has 2 aromatic heterocycles. The van der Waals surface area contributed by atoms with E-state index in [0.29, 0.717) is 48.6 Å². The lowest BCUT2D eigenvalue weighted by atomic mass is 9.93. The second-order valence-electron chi connectivity index (χ2n) is 9.52. The van der Waals surface area contributed by atoms with E-state index >= 15 is 0 Å². The second kappa shape index (κ2) is 10.7. The second-order valence-corrected chi connectivity index (χ2v) is 10.9. The van der Waals surface area contributed by atoms with E-state index in [0.717, 1.165) is 11.1 Å². The maximum atomic E-state index is 13.8. The van der Waals surface area contributed by atoms with Gasteiger partial charge in [0.1, 0.15) is 11.5 Å². The van der Waals surface area contributed by atoms with Crippen molar-refractivity contribution in [2.45, 2.75) is 32.7 Å². The Kier molecular flexibility index (Phi) is 7.31. The number of thiazole rings is 1. The molecule has 2 aromatic carbocycles. The van der Waals surface area contributed by atoms with Gasteiger partial charge in [-0.05, 0) is 42.2 Å². The topological polar surface area (TPSA) is 117 Å². The molecule has 3 heterocycles. The normalized spacial score (nSPS) is 15.2. The maximum Gasteiger partial charge on any atom is 0.338 e. The van der Waals surface area contributed by atoms with Crippen molar-refractivity contribution in [1.82, 2.24) is 4.57 Å². The summed E-state index contributed by atoms with van der Waals surface area (Å²) in [6, 6.07) is 14.5. The number of aromatic nitrogens is 1. The molecule has 0 N–H and O–H groups in total. The molecule has 0 bridgehead atoms. The van der Waals surface area contributed by atoms with Crippen LogP contribution < -0.4 is 14.9 Å². The number of carbonyl (C=O) groups is 1. The van der Waals surface area contributed by atoms with Crippen molar-refractivity contribution in [3.63, 3.8) is 0 Å². The van der Waals surface area contributed by atoms with Gasteiger partial charge in [0, 0.05) is 23.8 Å². The van der Waals surface area contributed by atoms with Gasteiger partial charge in [-0.2, -0.15) is 0 Å². The molecule has 9 nitrogen and oxygen atoms in total. The van der Waals surface area contributed by atoms with Gasteiger partial charge >= 0.3 is 5.97 Å². The number of hydrogen-bond donors (Lipinski definition) is 0. The Morgan fingerprint density at radius 1 is 1.20 bits per heavy atom. The molecule has 0 amide bonds. The zero-order valence-corrected chi connectivity index (χ0v) is 23.6. The van der Waals surface area contributed by atoms with E-state index in [2.05, 4.69) is 18.8 Å². The summed E-state index contributed by atoms with van der Waals surface area (Å²) in [5.74, 6) is 0.436. The van der Waals surface area contributed by atoms with E-state index in [1.165, 1.54) is 41.2 Å². The van der Waals surface area contributed by atoms with Crippen LogP contribution in [-0.2, 0) is 9.53 Å². The van der Waals surface area contributed by atoms with Crippen molar-refractivity contribution in [3.8, 4) is 11.3 Å². The molecule has 11 heteroatoms. The minimum absolute atomic E-state index is 0.121. The fourth-order valence-electron chi connectivity index (χ4n) is 4.59. The number of furan rings is 1. The van der Waals surface area contributed by atoms with Gasteiger partial charge in [0.05, 0.1) is 38.9 Å². The number of carbonyl (C=O) groups excluding carboxylic acids is 1. The lowest BCUT2D eigenvalue weighted by Gasteiger charge is -2.24. The standard InChI is InChI=1S/C29H24ClN3O6S/c1-15(2)17-5-7-18(8-6-17)26-25(28(35)38-4)16(3)31-29-32(26)27(34)24(40-29)14-20-10-12-23(39-20)21-13-19(33(36)37)9-11-22(21)30/h5-15,26H,1-4H3/b24-14-/t26-/m0/s1. The van der Waals surface area contributed by atoms with Crippen molar-refractivity contribution >= 4 is 40.7 Å². The van der Waals surface area contributed by atoms with Crippen LogP contribution in [0.3, 0.4) is 0 Å². The third kappa shape index (κ3) is 4.91. The molecule has 0 saturated carbocycles. The highest BCUT2D eigenvalue weighted by atomic mass is 35.5. The van der Waals surface area contributed by atoms with Gasteiger partial charge in [0.2, 0.25) is 0 Å². The van der Waals surface area contributed by atoms with E-state index < -0.39 is 16.9 Å². The highest BCUT2D eigenvalue weighted by molar-refractivity contribution is 7.07. The van der Waals surface area contributed by atoms with Crippen molar-refractivity contribution in [2.75, 3.05) is 7.11 Å². The maximum absolute atomic E-state index is 13.8. The number of esters is 1. The first kappa shape index (κ1) is 27.3. The Morgan fingerprint density at radius 3 is 2.58 bits per heavy atom. The molecule has 0 fully saturated rings. The Labute approximate surface area is 237 Å². The fraction of sp³-hybridized carbons (Fsp3) is 0.207. The van der Waals surface area contributed by atoms with E-state index in [1.807, 2.05) is 24.3 Å². The van der Waals surface area contributed by atoms with Crippen molar-refractivity contribution in [3.05, 3.63) is 118 Å². The van der Waals surface area contributed by atoms with Crippen molar-refractivity contribution in [1.29, 1.82) is 0 Å². The van der Waals surface area contributed by atoms with Gasteiger partial charge in [-0.15, -0.1) is 0 Å². The summed E-state index contributed by atoms with van der Waals surface area (Å²) < 4.78 is 12.8. The lowest BCUT2D eigenvalue weighted by Crippen LogP contribution is -2.39. The predicted molar refractivity (Wildman–Crippen MR) is 152 cm³/mol. The number of non-ortho nitro benzene ring substituents is 1.